The van der Waals surface area contributed by atoms with E-state index in [2.05, 4.69) is 4.72 Å². The molecule has 0 heterocycles. The zero-order valence-electron chi connectivity index (χ0n) is 3.79. The van der Waals surface area contributed by atoms with Gasteiger partial charge in [-0.15, -0.1) is 0 Å². The normalized spacial score (nSPS) is 6.38. The second-order valence-electron chi connectivity index (χ2n) is 0.575. The van der Waals surface area contributed by atoms with Crippen molar-refractivity contribution in [2.75, 3.05) is 0 Å². The fraction of sp³-hybridized carbons (Fsp3) is 0. The molecule has 0 saturated carbocycles. The van der Waals surface area contributed by atoms with E-state index in [4.69, 9.17) is 19.8 Å². The molecule has 6 heteroatoms. The molecule has 0 aliphatic carbocycles. The number of hydrogen-bond acceptors (Lipinski definition) is 5. The van der Waals surface area contributed by atoms with Crippen LogP contribution in [0.25, 0.3) is 0 Å². The summed E-state index contributed by atoms with van der Waals surface area (Å²) in [5.41, 5.74) is 0. The maximum absolute atomic E-state index is 8.93. The molecule has 0 amide bonds. The van der Waals surface area contributed by atoms with Gasteiger partial charge in [0.15, 0.2) is 0 Å². The molecular weight excluding hydrogens is 129 g/mol. The predicted molar refractivity (Wildman–Crippen MR) is 20.0 cm³/mol. The zero-order chi connectivity index (χ0) is 7.15. The van der Waals surface area contributed by atoms with Gasteiger partial charge in [-0.1, -0.05) is 0 Å². The molecule has 0 aromatic rings. The summed E-state index contributed by atoms with van der Waals surface area (Å²) in [5.74, 6) is -4.37. The third-order valence-corrected chi connectivity index (χ3v) is 0.167. The van der Waals surface area contributed by atoms with E-state index in [-0.39, 0.29) is 0 Å². The number of hydrogen-bond donors (Lipinski definition) is 1. The second kappa shape index (κ2) is 6.43. The molecule has 0 atom stereocenters. The number of carbonyl (C=O) groups is 2. The molecule has 0 aliphatic heterocycles. The standard InChI is InChI=1S/C2H2O4.Al.H2N/c3-1(4)2(5)6;;/h(H,3,4)(H,5,6);;1H2/q;+3;-1/p-2. The van der Waals surface area contributed by atoms with Crippen molar-refractivity contribution < 1.29 is 19.8 Å². The van der Waals surface area contributed by atoms with E-state index in [1.54, 1.807) is 0 Å². The van der Waals surface area contributed by atoms with Crippen molar-refractivity contribution in [2.45, 2.75) is 0 Å². The van der Waals surface area contributed by atoms with Gasteiger partial charge in [0.05, 0.1) is 11.9 Å². The number of rotatable bonds is 0. The van der Waals surface area contributed by atoms with Crippen LogP contribution in [0.4, 0.5) is 0 Å². The molecule has 0 rings (SSSR count). The molecule has 0 unspecified atom stereocenters. The number of nitrogens with two attached hydrogens (primary N) is 1. The third-order valence-electron chi connectivity index (χ3n) is 0.167. The molecule has 5 nitrogen and oxygen atoms in total. The topological polar surface area (TPSA) is 106 Å². The first kappa shape index (κ1) is 10.4. The predicted octanol–water partition coefficient (Wildman–Crippen LogP) is -4.49. The fourth-order valence-corrected chi connectivity index (χ4v) is 0. The minimum atomic E-state index is -2.19. The molecular formula is C2H2AlNO4. The first-order valence-electron chi connectivity index (χ1n) is 1.40. The summed E-state index contributed by atoms with van der Waals surface area (Å²) in [4.78, 5) is 17.9. The molecule has 42 valence electrons. The summed E-state index contributed by atoms with van der Waals surface area (Å²) in [5, 5.41) is 17.9. The van der Waals surface area contributed by atoms with Crippen molar-refractivity contribution in [1.82, 2.24) is 0 Å². The number of aliphatic carboxylic acids is 2. The minimum absolute atomic E-state index is 1.92. The van der Waals surface area contributed by atoms with Gasteiger partial charge in [0.1, 0.15) is 0 Å². The van der Waals surface area contributed by atoms with Gasteiger partial charge in [-0.2, -0.15) is 0 Å². The van der Waals surface area contributed by atoms with Crippen LogP contribution in [0.1, 0.15) is 0 Å². The van der Waals surface area contributed by atoms with Crippen LogP contribution in [0.2, 0.25) is 0 Å². The van der Waals surface area contributed by atoms with Crippen molar-refractivity contribution in [2.24, 2.45) is 4.72 Å². The number of carboxylic acids is 2. The Kier molecular flexibility index (Phi) is 8.38. The van der Waals surface area contributed by atoms with Crippen LogP contribution in [0.15, 0.2) is 0 Å². The summed E-state index contributed by atoms with van der Waals surface area (Å²) in [6.45, 7) is 0. The number of carboxylic acid groups (broad SMARTS) is 2. The van der Waals surface area contributed by atoms with E-state index in [1.807, 2.05) is 16.5 Å². The first-order valence-corrected chi connectivity index (χ1v) is 2.07. The van der Waals surface area contributed by atoms with Crippen LogP contribution >= 0.6 is 0 Å². The van der Waals surface area contributed by atoms with Gasteiger partial charge in [0.25, 0.3) is 0 Å². The Bertz CT molecular complexity index is 80.0. The second-order valence-corrected chi connectivity index (χ2v) is 0.575. The summed E-state index contributed by atoms with van der Waals surface area (Å²) < 4.78 is 4.42. The van der Waals surface area contributed by atoms with E-state index in [0.717, 1.165) is 0 Å². The Labute approximate surface area is 53.7 Å². The van der Waals surface area contributed by atoms with Crippen molar-refractivity contribution in [1.29, 1.82) is 0 Å². The Morgan fingerprint density at radius 3 is 1.25 bits per heavy atom. The van der Waals surface area contributed by atoms with Gasteiger partial charge in [-0.3, -0.25) is 0 Å². The molecule has 0 radical (unpaired) electrons. The van der Waals surface area contributed by atoms with Crippen molar-refractivity contribution in [3.63, 3.8) is 0 Å². The monoisotopic (exact) mass is 131 g/mol. The molecule has 8 heavy (non-hydrogen) atoms. The molecule has 2 N–H and O–H groups in total. The van der Waals surface area contributed by atoms with Gasteiger partial charge in [-0.05, 0) is 0 Å². The van der Waals surface area contributed by atoms with Gasteiger partial charge in [0.2, 0.25) is 0 Å². The van der Waals surface area contributed by atoms with Crippen LogP contribution in [0.5, 0.6) is 0 Å². The van der Waals surface area contributed by atoms with E-state index >= 15 is 0 Å². The Morgan fingerprint density at radius 2 is 1.25 bits per heavy atom. The average Bonchev–Trinajstić information content (AvgIpc) is 1.72. The number of carbonyl (C=O) groups excluding carboxylic acids is 2. The summed E-state index contributed by atoms with van der Waals surface area (Å²) in [7, 11) is 0. The van der Waals surface area contributed by atoms with Crippen LogP contribution in [0.3, 0.4) is 0 Å². The average molecular weight is 131 g/mol. The Balaban J connectivity index is 0. The van der Waals surface area contributed by atoms with E-state index in [0.29, 0.717) is 0 Å². The Morgan fingerprint density at radius 1 is 1.12 bits per heavy atom. The van der Waals surface area contributed by atoms with E-state index < -0.39 is 11.9 Å². The molecule has 0 spiro atoms. The van der Waals surface area contributed by atoms with Gasteiger partial charge < -0.3 is 19.8 Å². The fourth-order valence-electron chi connectivity index (χ4n) is 0. The summed E-state index contributed by atoms with van der Waals surface area (Å²) in [6, 6.07) is 0. The molecule has 0 aromatic carbocycles. The molecule has 0 bridgehead atoms. The maximum atomic E-state index is 8.93. The van der Waals surface area contributed by atoms with Crippen LogP contribution < -0.4 is 14.9 Å². The van der Waals surface area contributed by atoms with Crippen LogP contribution in [0, 0.1) is 0 Å². The Hall–Kier alpha value is -0.568. The van der Waals surface area contributed by atoms with E-state index in [9.17, 15) is 0 Å². The van der Waals surface area contributed by atoms with Gasteiger partial charge in [0, 0.05) is 0 Å². The van der Waals surface area contributed by atoms with E-state index in [1.165, 1.54) is 0 Å². The summed E-state index contributed by atoms with van der Waals surface area (Å²) in [6.07, 6.45) is 0. The zero-order valence-corrected chi connectivity index (χ0v) is 4.94. The van der Waals surface area contributed by atoms with Crippen LogP contribution in [-0.4, -0.2) is 28.4 Å². The molecule has 0 aliphatic rings. The first-order chi connectivity index (χ1) is 3.64. The third kappa shape index (κ3) is 9.06. The molecule has 0 saturated heterocycles. The quantitative estimate of drug-likeness (QED) is 0.263. The van der Waals surface area contributed by atoms with Crippen molar-refractivity contribution in [3.8, 4) is 0 Å². The van der Waals surface area contributed by atoms with Gasteiger partial charge >= 0.3 is 21.2 Å². The molecule has 0 aromatic heterocycles. The SMILES string of the molecule is O=C([O-])C(=O)[O-].[NH2][Al+2]. The van der Waals surface area contributed by atoms with Gasteiger partial charge in [-0.25, -0.2) is 0 Å². The van der Waals surface area contributed by atoms with Crippen LogP contribution in [-0.2, 0) is 9.59 Å². The molecule has 0 fully saturated rings. The summed E-state index contributed by atoms with van der Waals surface area (Å²) >= 11 is 1.92. The van der Waals surface area contributed by atoms with Crippen molar-refractivity contribution in [3.05, 3.63) is 0 Å². The van der Waals surface area contributed by atoms with Crippen molar-refractivity contribution >= 4 is 28.4 Å².